The summed E-state index contributed by atoms with van der Waals surface area (Å²) in [5.41, 5.74) is -2.56. The van der Waals surface area contributed by atoms with E-state index in [9.17, 15) is 37.3 Å². The van der Waals surface area contributed by atoms with Gasteiger partial charge >= 0.3 is 18.2 Å². The molecule has 2 aromatic carbocycles. The van der Waals surface area contributed by atoms with Gasteiger partial charge in [-0.1, -0.05) is 19.9 Å². The van der Waals surface area contributed by atoms with Gasteiger partial charge in [-0.3, -0.25) is 14.9 Å². The fraction of sp³-hybridized carbons (Fsp3) is 0.481. The normalized spacial score (nSPS) is 11.2. The Labute approximate surface area is 235 Å². The summed E-state index contributed by atoms with van der Waals surface area (Å²) in [4.78, 5) is 35.4. The number of halogens is 4. The lowest BCUT2D eigenvalue weighted by Gasteiger charge is -2.28. The first-order valence-corrected chi connectivity index (χ1v) is 12.6. The van der Waals surface area contributed by atoms with Gasteiger partial charge in [-0.05, 0) is 44.5 Å². The molecule has 0 aliphatic carbocycles. The number of nitro groups is 1. The van der Waals surface area contributed by atoms with Crippen LogP contribution in [-0.2, 0) is 33.6 Å². The number of benzene rings is 2. The van der Waals surface area contributed by atoms with E-state index in [2.05, 4.69) is 0 Å². The highest BCUT2D eigenvalue weighted by atomic mass is 19.4. The second-order valence-electron chi connectivity index (χ2n) is 9.31. The zero-order chi connectivity index (χ0) is 31.4. The van der Waals surface area contributed by atoms with Gasteiger partial charge in [-0.15, -0.1) is 0 Å². The number of alkyl halides is 3. The molecule has 0 spiro atoms. The average molecular weight is 591 g/mol. The highest BCUT2D eigenvalue weighted by Crippen LogP contribution is 2.33. The number of carboxylic acids is 1. The van der Waals surface area contributed by atoms with Crippen molar-refractivity contribution in [1.82, 2.24) is 4.90 Å². The number of hydrogen-bond donors (Lipinski definition) is 1. The van der Waals surface area contributed by atoms with Crippen molar-refractivity contribution in [2.75, 3.05) is 19.8 Å². The number of carbonyl (C=O) groups is 2. The zero-order valence-electron chi connectivity index (χ0n) is 23.4. The van der Waals surface area contributed by atoms with Crippen molar-refractivity contribution in [3.63, 3.8) is 0 Å². The third-order valence-corrected chi connectivity index (χ3v) is 4.96. The van der Waals surface area contributed by atoms with Crippen molar-refractivity contribution in [1.29, 1.82) is 0 Å². The number of amides is 1. The predicted octanol–water partition coefficient (Wildman–Crippen LogP) is 6.59. The molecular formula is C27H34F4N2O8. The molecule has 228 valence electrons. The summed E-state index contributed by atoms with van der Waals surface area (Å²) in [6.07, 6.45) is -5.97. The monoisotopic (exact) mass is 590 g/mol. The number of nitrogens with zero attached hydrogens (tertiary/aromatic N) is 2. The van der Waals surface area contributed by atoms with Gasteiger partial charge in [0.2, 0.25) is 0 Å². The lowest BCUT2D eigenvalue weighted by Crippen LogP contribution is -2.38. The smallest absolute Gasteiger partial charge is 0.419 e. The molecule has 2 rings (SSSR count). The lowest BCUT2D eigenvalue weighted by atomic mass is 10.1. The third kappa shape index (κ3) is 12.4. The number of nitro benzene ring substituents is 1. The van der Waals surface area contributed by atoms with Crippen LogP contribution in [0.2, 0.25) is 0 Å². The molecule has 1 N–H and O–H groups in total. The molecule has 0 unspecified atom stereocenters. The molecule has 0 saturated carbocycles. The van der Waals surface area contributed by atoms with Gasteiger partial charge in [0.1, 0.15) is 23.8 Å². The van der Waals surface area contributed by atoms with Crippen molar-refractivity contribution in [2.24, 2.45) is 0 Å². The van der Waals surface area contributed by atoms with Crippen LogP contribution in [0.15, 0.2) is 36.4 Å². The number of hydrogen-bond acceptors (Lipinski definition) is 7. The topological polar surface area (TPSA) is 128 Å². The van der Waals surface area contributed by atoms with Crippen molar-refractivity contribution < 1.29 is 51.4 Å². The maximum Gasteiger partial charge on any atom is 0.419 e. The first-order chi connectivity index (χ1) is 19.1. The molecule has 0 aliphatic heterocycles. The summed E-state index contributed by atoms with van der Waals surface area (Å²) in [6.45, 7) is 7.92. The lowest BCUT2D eigenvalue weighted by molar-refractivity contribution is -0.385. The Morgan fingerprint density at radius 1 is 1.05 bits per heavy atom. The summed E-state index contributed by atoms with van der Waals surface area (Å²) in [7, 11) is 0. The van der Waals surface area contributed by atoms with Crippen LogP contribution in [0.5, 0.6) is 5.75 Å². The van der Waals surface area contributed by atoms with E-state index in [1.807, 2.05) is 13.8 Å². The molecule has 10 nitrogen and oxygen atoms in total. The van der Waals surface area contributed by atoms with Gasteiger partial charge in [0.15, 0.2) is 0 Å². The molecule has 41 heavy (non-hydrogen) atoms. The largest absolute Gasteiger partial charge is 0.489 e. The number of carboxylic acid groups (broad SMARTS) is 1. The molecule has 0 saturated heterocycles. The quantitative estimate of drug-likeness (QED) is 0.127. The molecule has 0 bridgehead atoms. The fourth-order valence-electron chi connectivity index (χ4n) is 3.19. The maximum atomic E-state index is 13.6. The van der Waals surface area contributed by atoms with Crippen LogP contribution in [0.1, 0.15) is 57.7 Å². The first-order valence-electron chi connectivity index (χ1n) is 12.6. The van der Waals surface area contributed by atoms with E-state index in [1.54, 1.807) is 20.8 Å². The van der Waals surface area contributed by atoms with Crippen LogP contribution in [-0.4, -0.2) is 52.4 Å². The molecule has 0 aliphatic rings. The Hall–Kier alpha value is -3.94. The minimum Gasteiger partial charge on any atom is -0.489 e. The van der Waals surface area contributed by atoms with E-state index >= 15 is 0 Å². The van der Waals surface area contributed by atoms with Gasteiger partial charge in [0.05, 0.1) is 36.7 Å². The predicted molar refractivity (Wildman–Crippen MR) is 140 cm³/mol. The molecule has 2 aromatic rings. The van der Waals surface area contributed by atoms with E-state index in [1.165, 1.54) is 6.07 Å². The highest BCUT2D eigenvalue weighted by molar-refractivity contribution is 5.68. The Morgan fingerprint density at radius 3 is 2.27 bits per heavy atom. The molecule has 0 heterocycles. The number of aliphatic carboxylic acids is 1. The molecule has 0 fully saturated rings. The van der Waals surface area contributed by atoms with Gasteiger partial charge in [0.25, 0.3) is 5.69 Å². The number of ether oxygens (including phenoxy) is 3. The third-order valence-electron chi connectivity index (χ3n) is 4.96. The summed E-state index contributed by atoms with van der Waals surface area (Å²) >= 11 is 0. The average Bonchev–Trinajstić information content (AvgIpc) is 2.86. The van der Waals surface area contributed by atoms with Crippen LogP contribution in [0.25, 0.3) is 0 Å². The van der Waals surface area contributed by atoms with Crippen molar-refractivity contribution in [2.45, 2.75) is 66.0 Å². The second kappa shape index (κ2) is 15.7. The Kier molecular flexibility index (Phi) is 13.5. The standard InChI is InChI=1S/C25H28F4N2O8.C2H6/c1-24(2,3)39-23(34)30(9-11-37-10-8-22(32)33)14-17-13-18(31(35)36)5-7-21(17)38-15-16-4-6-20(26)19(12-16)25(27,28)29;1-2/h4-7,12-13H,8-11,14-15H2,1-3H3,(H,32,33);1-2H3. The van der Waals surface area contributed by atoms with Crippen LogP contribution < -0.4 is 4.74 Å². The molecule has 1 amide bonds. The first kappa shape index (κ1) is 35.1. The fourth-order valence-corrected chi connectivity index (χ4v) is 3.19. The number of carbonyl (C=O) groups excluding carboxylic acids is 1. The van der Waals surface area contributed by atoms with E-state index in [4.69, 9.17) is 19.3 Å². The molecule has 14 heteroatoms. The highest BCUT2D eigenvalue weighted by Gasteiger charge is 2.34. The summed E-state index contributed by atoms with van der Waals surface area (Å²) in [5.74, 6) is -2.49. The van der Waals surface area contributed by atoms with E-state index in [-0.39, 0.29) is 55.3 Å². The number of rotatable bonds is 12. The minimum atomic E-state index is -4.92. The molecular weight excluding hydrogens is 556 g/mol. The van der Waals surface area contributed by atoms with Gasteiger partial charge in [-0.2, -0.15) is 13.2 Å². The summed E-state index contributed by atoms with van der Waals surface area (Å²) in [5, 5.41) is 20.1. The molecule has 0 atom stereocenters. The van der Waals surface area contributed by atoms with Crippen LogP contribution in [0.3, 0.4) is 0 Å². The SMILES string of the molecule is CC.CC(C)(C)OC(=O)N(CCOCCC(=O)O)Cc1cc([N+](=O)[O-])ccc1OCc1ccc(F)c(C(F)(F)F)c1. The van der Waals surface area contributed by atoms with Gasteiger partial charge < -0.3 is 24.2 Å². The van der Waals surface area contributed by atoms with Crippen LogP contribution in [0, 0.1) is 15.9 Å². The Balaban J connectivity index is 0.00000411. The molecule has 0 aromatic heterocycles. The van der Waals surface area contributed by atoms with E-state index < -0.39 is 46.8 Å². The van der Waals surface area contributed by atoms with Crippen molar-refractivity contribution in [3.05, 3.63) is 69.0 Å². The van der Waals surface area contributed by atoms with Crippen molar-refractivity contribution in [3.8, 4) is 5.75 Å². The van der Waals surface area contributed by atoms with Gasteiger partial charge in [-0.25, -0.2) is 9.18 Å². The second-order valence-corrected chi connectivity index (χ2v) is 9.31. The maximum absolute atomic E-state index is 13.6. The summed E-state index contributed by atoms with van der Waals surface area (Å²) < 4.78 is 69.1. The van der Waals surface area contributed by atoms with Crippen LogP contribution in [0.4, 0.5) is 28.0 Å². The van der Waals surface area contributed by atoms with Crippen LogP contribution >= 0.6 is 0 Å². The van der Waals surface area contributed by atoms with Gasteiger partial charge in [0, 0.05) is 24.2 Å². The Morgan fingerprint density at radius 2 is 1.71 bits per heavy atom. The zero-order valence-corrected chi connectivity index (χ0v) is 23.4. The van der Waals surface area contributed by atoms with Crippen molar-refractivity contribution >= 4 is 17.7 Å². The van der Waals surface area contributed by atoms with E-state index in [0.717, 1.165) is 23.1 Å². The number of non-ortho nitro benzene ring substituents is 1. The Bertz CT molecular complexity index is 1180. The van der Waals surface area contributed by atoms with E-state index in [0.29, 0.717) is 12.1 Å². The summed E-state index contributed by atoms with van der Waals surface area (Å²) in [6, 6.07) is 5.87. The molecule has 0 radical (unpaired) electrons. The minimum absolute atomic E-state index is 0.0103.